The van der Waals surface area contributed by atoms with Crippen molar-refractivity contribution in [3.05, 3.63) is 52.2 Å². The van der Waals surface area contributed by atoms with Crippen LogP contribution in [0.4, 0.5) is 4.79 Å². The normalized spacial score (nSPS) is 16.8. The first-order valence-electron chi connectivity index (χ1n) is 10.8. The van der Waals surface area contributed by atoms with Gasteiger partial charge in [0.15, 0.2) is 4.34 Å². The zero-order valence-corrected chi connectivity index (χ0v) is 23.9. The van der Waals surface area contributed by atoms with E-state index < -0.39 is 46.4 Å². The van der Waals surface area contributed by atoms with Crippen LogP contribution in [0.1, 0.15) is 23.5 Å². The summed E-state index contributed by atoms with van der Waals surface area (Å²) in [6.07, 6.45) is -1.26. The third-order valence-electron chi connectivity index (χ3n) is 5.23. The molecule has 0 aliphatic carbocycles. The van der Waals surface area contributed by atoms with E-state index in [0.29, 0.717) is 20.4 Å². The van der Waals surface area contributed by atoms with Crippen molar-refractivity contribution >= 4 is 81.8 Å². The summed E-state index contributed by atoms with van der Waals surface area (Å²) < 4.78 is 3.63. The maximum absolute atomic E-state index is 13.3. The number of benzene rings is 1. The van der Waals surface area contributed by atoms with E-state index in [1.807, 2.05) is 0 Å². The summed E-state index contributed by atoms with van der Waals surface area (Å²) in [6, 6.07) is 5.48. The Kier molecular flexibility index (Phi) is 10.0. The standard InChI is InChI=1S/C22H22Cl3N5O6S2/c1-11(9-37-20-28-27-12(2)38-20)16(19(33)34)29-8-14(17(29)31)30(21(35)36-10-22(23,24)25)18(32)15(26)13-6-4-3-5-7-13/h3-7,14-15H,8-10,26H2,1-2H3,(H,33,34). The predicted octanol–water partition coefficient (Wildman–Crippen LogP) is 3.54. The van der Waals surface area contributed by atoms with Gasteiger partial charge in [-0.3, -0.25) is 9.59 Å². The number of rotatable bonds is 9. The third kappa shape index (κ3) is 7.36. The van der Waals surface area contributed by atoms with Crippen molar-refractivity contribution in [3.63, 3.8) is 0 Å². The van der Waals surface area contributed by atoms with Crippen LogP contribution < -0.4 is 5.73 Å². The average molecular weight is 623 g/mol. The fourth-order valence-corrected chi connectivity index (χ4v) is 5.37. The number of aliphatic carboxylic acids is 1. The van der Waals surface area contributed by atoms with E-state index in [2.05, 4.69) is 10.2 Å². The van der Waals surface area contributed by atoms with Crippen molar-refractivity contribution in [2.45, 2.75) is 34.1 Å². The van der Waals surface area contributed by atoms with Gasteiger partial charge in [0, 0.05) is 5.75 Å². The third-order valence-corrected chi connectivity index (χ3v) is 7.70. The van der Waals surface area contributed by atoms with E-state index in [-0.39, 0.29) is 18.0 Å². The summed E-state index contributed by atoms with van der Waals surface area (Å²) in [5.74, 6) is -2.88. The van der Waals surface area contributed by atoms with Crippen molar-refractivity contribution in [3.8, 4) is 0 Å². The molecule has 2 heterocycles. The number of amides is 3. The molecule has 3 rings (SSSR count). The Bertz CT molecular complexity index is 1250. The quantitative estimate of drug-likeness (QED) is 0.184. The Morgan fingerprint density at radius 2 is 1.95 bits per heavy atom. The number of hydrogen-bond donors (Lipinski definition) is 2. The van der Waals surface area contributed by atoms with Crippen LogP contribution in [0.5, 0.6) is 0 Å². The maximum atomic E-state index is 13.3. The van der Waals surface area contributed by atoms with E-state index >= 15 is 0 Å². The first-order chi connectivity index (χ1) is 17.8. The summed E-state index contributed by atoms with van der Waals surface area (Å²) in [5.41, 5.74) is 6.58. The molecule has 204 valence electrons. The minimum Gasteiger partial charge on any atom is -0.477 e. The van der Waals surface area contributed by atoms with Gasteiger partial charge in [-0.2, -0.15) is 0 Å². The van der Waals surface area contributed by atoms with Gasteiger partial charge in [0.1, 0.15) is 29.4 Å². The van der Waals surface area contributed by atoms with Crippen LogP contribution in [0.25, 0.3) is 0 Å². The van der Waals surface area contributed by atoms with Crippen LogP contribution in [-0.2, 0) is 19.1 Å². The summed E-state index contributed by atoms with van der Waals surface area (Å²) in [5, 5.41) is 18.5. The summed E-state index contributed by atoms with van der Waals surface area (Å²) in [6.45, 7) is 2.36. The topological polar surface area (TPSA) is 156 Å². The van der Waals surface area contributed by atoms with Crippen LogP contribution in [0.15, 0.2) is 45.9 Å². The van der Waals surface area contributed by atoms with Gasteiger partial charge in [-0.1, -0.05) is 88.2 Å². The molecule has 11 nitrogen and oxygen atoms in total. The van der Waals surface area contributed by atoms with Crippen molar-refractivity contribution in [2.24, 2.45) is 5.73 Å². The first kappa shape index (κ1) is 30.1. The van der Waals surface area contributed by atoms with Crippen LogP contribution in [0.2, 0.25) is 0 Å². The molecular weight excluding hydrogens is 601 g/mol. The molecule has 1 aliphatic rings. The number of carboxylic acids is 1. The van der Waals surface area contributed by atoms with E-state index in [1.54, 1.807) is 44.2 Å². The summed E-state index contributed by atoms with van der Waals surface area (Å²) in [7, 11) is 0. The van der Waals surface area contributed by atoms with Gasteiger partial charge in [0.25, 0.3) is 11.8 Å². The van der Waals surface area contributed by atoms with Gasteiger partial charge >= 0.3 is 12.1 Å². The second kappa shape index (κ2) is 12.6. The lowest BCUT2D eigenvalue weighted by atomic mass is 10.0. The maximum Gasteiger partial charge on any atom is 0.417 e. The fourth-order valence-electron chi connectivity index (χ4n) is 3.44. The highest BCUT2D eigenvalue weighted by Gasteiger charge is 2.50. The highest BCUT2D eigenvalue weighted by atomic mass is 35.6. The number of likely N-dealkylation sites (tertiary alicyclic amines) is 1. The SMILES string of the molecule is CC(CSc1nnc(C)s1)=C(C(=O)O)N1CC(N(C(=O)OCC(Cl)(Cl)Cl)C(=O)C(N)c2ccccc2)C1=O. The predicted molar refractivity (Wildman–Crippen MR) is 143 cm³/mol. The number of carbonyl (C=O) groups is 4. The number of aromatic nitrogens is 2. The Labute approximate surface area is 240 Å². The molecule has 0 radical (unpaired) electrons. The Morgan fingerprint density at radius 1 is 1.29 bits per heavy atom. The van der Waals surface area contributed by atoms with Gasteiger partial charge in [-0.25, -0.2) is 14.5 Å². The minimum atomic E-state index is -1.97. The number of hydrogen-bond acceptors (Lipinski definition) is 10. The molecule has 0 bridgehead atoms. The number of carbonyl (C=O) groups excluding carboxylic acids is 3. The van der Waals surface area contributed by atoms with Gasteiger partial charge in [-0.05, 0) is 25.0 Å². The van der Waals surface area contributed by atoms with Gasteiger partial charge < -0.3 is 20.5 Å². The first-order valence-corrected chi connectivity index (χ1v) is 13.8. The van der Waals surface area contributed by atoms with Gasteiger partial charge in [0.2, 0.25) is 3.79 Å². The molecule has 1 saturated heterocycles. The number of β-lactam (4-membered cyclic amide) rings is 1. The Balaban J connectivity index is 1.83. The molecule has 16 heteroatoms. The number of carboxylic acid groups (broad SMARTS) is 1. The van der Waals surface area contributed by atoms with Crippen molar-refractivity contribution in [1.82, 2.24) is 20.0 Å². The monoisotopic (exact) mass is 621 g/mol. The van der Waals surface area contributed by atoms with E-state index in [1.165, 1.54) is 23.1 Å². The summed E-state index contributed by atoms with van der Waals surface area (Å²) >= 11 is 19.6. The Morgan fingerprint density at radius 3 is 2.47 bits per heavy atom. The lowest BCUT2D eigenvalue weighted by Crippen LogP contribution is -2.67. The smallest absolute Gasteiger partial charge is 0.417 e. The summed E-state index contributed by atoms with van der Waals surface area (Å²) in [4.78, 5) is 52.9. The van der Waals surface area contributed by atoms with E-state index in [9.17, 15) is 24.3 Å². The number of thioether (sulfide) groups is 1. The molecule has 3 N–H and O–H groups in total. The second-order valence-corrected chi connectivity index (χ2v) is 13.0. The average Bonchev–Trinajstić information content (AvgIpc) is 3.29. The molecule has 0 saturated carbocycles. The molecule has 1 aliphatic heterocycles. The molecule has 2 atom stereocenters. The van der Waals surface area contributed by atoms with Crippen LogP contribution >= 0.6 is 57.9 Å². The lowest BCUT2D eigenvalue weighted by Gasteiger charge is -2.43. The molecule has 1 aromatic heterocycles. The number of nitrogens with zero attached hydrogens (tertiary/aromatic N) is 4. The molecule has 1 fully saturated rings. The van der Waals surface area contributed by atoms with Crippen molar-refractivity contribution < 1.29 is 29.0 Å². The van der Waals surface area contributed by atoms with Crippen molar-refractivity contribution in [1.29, 1.82) is 0 Å². The van der Waals surface area contributed by atoms with Crippen molar-refractivity contribution in [2.75, 3.05) is 18.9 Å². The lowest BCUT2D eigenvalue weighted by molar-refractivity contribution is -0.156. The van der Waals surface area contributed by atoms with Crippen LogP contribution in [-0.4, -0.2) is 77.7 Å². The fraction of sp³-hybridized carbons (Fsp3) is 0.364. The highest BCUT2D eigenvalue weighted by Crippen LogP contribution is 2.31. The van der Waals surface area contributed by atoms with Gasteiger partial charge in [0.05, 0.1) is 6.54 Å². The zero-order chi connectivity index (χ0) is 28.2. The Hall–Kier alpha value is -2.42. The number of ether oxygens (including phenoxy) is 1. The zero-order valence-electron chi connectivity index (χ0n) is 20.0. The number of alkyl halides is 3. The molecule has 2 aromatic rings. The molecule has 0 spiro atoms. The molecule has 38 heavy (non-hydrogen) atoms. The molecule has 3 amide bonds. The van der Waals surface area contributed by atoms with Crippen LogP contribution in [0.3, 0.4) is 0 Å². The molecular formula is C22H22Cl3N5O6S2. The van der Waals surface area contributed by atoms with E-state index in [4.69, 9.17) is 45.3 Å². The number of nitrogens with two attached hydrogens (primary N) is 1. The largest absolute Gasteiger partial charge is 0.477 e. The number of halogens is 3. The minimum absolute atomic E-state index is 0.220. The molecule has 2 unspecified atom stereocenters. The highest BCUT2D eigenvalue weighted by molar-refractivity contribution is 8.01. The number of aryl methyl sites for hydroxylation is 1. The number of imide groups is 1. The van der Waals surface area contributed by atoms with E-state index in [0.717, 1.165) is 9.91 Å². The van der Waals surface area contributed by atoms with Crippen LogP contribution in [0, 0.1) is 6.92 Å². The molecule has 1 aromatic carbocycles. The second-order valence-electron chi connectivity index (χ2n) is 8.04. The van der Waals surface area contributed by atoms with Gasteiger partial charge in [-0.15, -0.1) is 10.2 Å².